The Hall–Kier alpha value is -1.54. The summed E-state index contributed by atoms with van der Waals surface area (Å²) in [5.74, 6) is 0. The van der Waals surface area contributed by atoms with Crippen LogP contribution in [0.2, 0.25) is 5.02 Å². The molecule has 1 N–H and O–H groups in total. The van der Waals surface area contributed by atoms with E-state index >= 15 is 0 Å². The quantitative estimate of drug-likeness (QED) is 0.924. The first kappa shape index (κ1) is 13.4. The third-order valence-corrected chi connectivity index (χ3v) is 4.23. The number of piperazine rings is 1. The number of likely N-dealkylation sites (N-methyl/N-ethyl adjacent to an activating group) is 1. The zero-order chi connectivity index (χ0) is 14.1. The SMILES string of the molecule is CN1CCN(C(C#N)c2c[nH]c3ccc(Cl)cc23)CC1. The molecule has 1 atom stereocenters. The molecule has 0 saturated carbocycles. The molecule has 0 aliphatic carbocycles. The average molecular weight is 289 g/mol. The van der Waals surface area contributed by atoms with Crippen LogP contribution in [-0.2, 0) is 0 Å². The Kier molecular flexibility index (Phi) is 3.66. The van der Waals surface area contributed by atoms with Crippen LogP contribution in [0.15, 0.2) is 24.4 Å². The first-order valence-corrected chi connectivity index (χ1v) is 7.15. The molecule has 3 rings (SSSR count). The van der Waals surface area contributed by atoms with Crippen LogP contribution in [0.3, 0.4) is 0 Å². The van der Waals surface area contributed by atoms with E-state index in [-0.39, 0.29) is 6.04 Å². The van der Waals surface area contributed by atoms with Crippen molar-refractivity contribution < 1.29 is 0 Å². The van der Waals surface area contributed by atoms with Gasteiger partial charge >= 0.3 is 0 Å². The molecule has 0 bridgehead atoms. The van der Waals surface area contributed by atoms with Crippen LogP contribution in [0.4, 0.5) is 0 Å². The smallest absolute Gasteiger partial charge is 0.126 e. The maximum Gasteiger partial charge on any atom is 0.126 e. The molecule has 1 aromatic heterocycles. The van der Waals surface area contributed by atoms with Crippen molar-refractivity contribution >= 4 is 22.5 Å². The van der Waals surface area contributed by atoms with E-state index in [1.807, 2.05) is 24.4 Å². The standard InChI is InChI=1S/C15H17ClN4/c1-19-4-6-20(7-5-19)15(9-17)13-10-18-14-3-2-11(16)8-12(13)14/h2-3,8,10,15,18H,4-7H2,1H3. The number of aromatic amines is 1. The van der Waals surface area contributed by atoms with E-state index in [0.717, 1.165) is 42.6 Å². The second-order valence-corrected chi connectivity index (χ2v) is 5.74. The molecule has 20 heavy (non-hydrogen) atoms. The topological polar surface area (TPSA) is 46.1 Å². The number of H-pyrrole nitrogens is 1. The van der Waals surface area contributed by atoms with E-state index in [1.54, 1.807) is 0 Å². The number of halogens is 1. The molecule has 2 heterocycles. The molecule has 1 aliphatic rings. The Morgan fingerprint density at radius 1 is 1.30 bits per heavy atom. The largest absolute Gasteiger partial charge is 0.361 e. The van der Waals surface area contributed by atoms with Crippen molar-refractivity contribution in [3.05, 3.63) is 35.0 Å². The highest BCUT2D eigenvalue weighted by Gasteiger charge is 2.25. The zero-order valence-corrected chi connectivity index (χ0v) is 12.2. The summed E-state index contributed by atoms with van der Waals surface area (Å²) < 4.78 is 0. The normalized spacial score (nSPS) is 19.1. The molecule has 0 radical (unpaired) electrons. The van der Waals surface area contributed by atoms with Gasteiger partial charge in [0.1, 0.15) is 6.04 Å². The molecule has 1 fully saturated rings. The summed E-state index contributed by atoms with van der Waals surface area (Å²) in [6.07, 6.45) is 1.94. The minimum atomic E-state index is -0.212. The highest BCUT2D eigenvalue weighted by Crippen LogP contribution is 2.30. The molecule has 5 heteroatoms. The highest BCUT2D eigenvalue weighted by atomic mass is 35.5. The van der Waals surface area contributed by atoms with Crippen molar-refractivity contribution in [2.75, 3.05) is 33.2 Å². The summed E-state index contributed by atoms with van der Waals surface area (Å²) in [5.41, 5.74) is 2.05. The number of nitriles is 1. The number of benzene rings is 1. The molecular weight excluding hydrogens is 272 g/mol. The van der Waals surface area contributed by atoms with Gasteiger partial charge in [-0.15, -0.1) is 0 Å². The van der Waals surface area contributed by atoms with Crippen LogP contribution < -0.4 is 0 Å². The fourth-order valence-electron chi connectivity index (χ4n) is 2.77. The number of hydrogen-bond acceptors (Lipinski definition) is 3. The summed E-state index contributed by atoms with van der Waals surface area (Å²) >= 11 is 6.08. The van der Waals surface area contributed by atoms with Gasteiger partial charge in [0.15, 0.2) is 0 Å². The summed E-state index contributed by atoms with van der Waals surface area (Å²) in [6.45, 7) is 3.84. The molecule has 4 nitrogen and oxygen atoms in total. The van der Waals surface area contributed by atoms with Crippen molar-refractivity contribution in [1.82, 2.24) is 14.8 Å². The molecule has 1 unspecified atom stereocenters. The van der Waals surface area contributed by atoms with E-state index in [0.29, 0.717) is 5.02 Å². The third-order valence-electron chi connectivity index (χ3n) is 4.00. The first-order chi connectivity index (χ1) is 9.69. The predicted molar refractivity (Wildman–Crippen MR) is 80.7 cm³/mol. The molecule has 1 saturated heterocycles. The summed E-state index contributed by atoms with van der Waals surface area (Å²) in [7, 11) is 2.12. The Morgan fingerprint density at radius 3 is 2.75 bits per heavy atom. The molecule has 2 aromatic rings. The van der Waals surface area contributed by atoms with Gasteiger partial charge in [-0.25, -0.2) is 0 Å². The van der Waals surface area contributed by atoms with Crippen LogP contribution in [0.5, 0.6) is 0 Å². The van der Waals surface area contributed by atoms with Gasteiger partial charge in [-0.3, -0.25) is 4.90 Å². The Balaban J connectivity index is 1.95. The first-order valence-electron chi connectivity index (χ1n) is 6.78. The number of nitrogens with one attached hydrogen (secondary N) is 1. The zero-order valence-electron chi connectivity index (χ0n) is 11.4. The van der Waals surface area contributed by atoms with Gasteiger partial charge in [-0.2, -0.15) is 5.26 Å². The van der Waals surface area contributed by atoms with Crippen LogP contribution >= 0.6 is 11.6 Å². The van der Waals surface area contributed by atoms with Crippen LogP contribution in [0, 0.1) is 11.3 Å². The second-order valence-electron chi connectivity index (χ2n) is 5.30. The molecule has 0 amide bonds. The van der Waals surface area contributed by atoms with Crippen molar-refractivity contribution in [2.24, 2.45) is 0 Å². The van der Waals surface area contributed by atoms with E-state index in [2.05, 4.69) is 27.9 Å². The fourth-order valence-corrected chi connectivity index (χ4v) is 2.94. The van der Waals surface area contributed by atoms with Crippen LogP contribution in [-0.4, -0.2) is 48.0 Å². The summed E-state index contributed by atoms with van der Waals surface area (Å²) in [4.78, 5) is 7.76. The number of nitrogens with zero attached hydrogens (tertiary/aromatic N) is 3. The van der Waals surface area contributed by atoms with Crippen molar-refractivity contribution in [1.29, 1.82) is 5.26 Å². The molecule has 0 spiro atoms. The minimum absolute atomic E-state index is 0.212. The summed E-state index contributed by atoms with van der Waals surface area (Å²) in [5, 5.41) is 11.3. The second kappa shape index (κ2) is 5.45. The van der Waals surface area contributed by atoms with Gasteiger partial charge in [0.2, 0.25) is 0 Å². The molecular formula is C15H17ClN4. The Bertz CT molecular complexity index is 649. The third kappa shape index (κ3) is 2.40. The van der Waals surface area contributed by atoms with Gasteiger partial charge in [0.25, 0.3) is 0 Å². The lowest BCUT2D eigenvalue weighted by molar-refractivity contribution is 0.133. The van der Waals surface area contributed by atoms with E-state index < -0.39 is 0 Å². The van der Waals surface area contributed by atoms with Crippen LogP contribution in [0.25, 0.3) is 10.9 Å². The maximum absolute atomic E-state index is 9.59. The highest BCUT2D eigenvalue weighted by molar-refractivity contribution is 6.31. The van der Waals surface area contributed by atoms with E-state index in [9.17, 15) is 5.26 Å². The lowest BCUT2D eigenvalue weighted by Gasteiger charge is -2.35. The fraction of sp³-hybridized carbons (Fsp3) is 0.400. The van der Waals surface area contributed by atoms with Crippen molar-refractivity contribution in [3.8, 4) is 6.07 Å². The monoisotopic (exact) mass is 288 g/mol. The number of fused-ring (bicyclic) bond motifs is 1. The van der Waals surface area contributed by atoms with Crippen molar-refractivity contribution in [3.63, 3.8) is 0 Å². The number of rotatable bonds is 2. The van der Waals surface area contributed by atoms with Gasteiger partial charge < -0.3 is 9.88 Å². The maximum atomic E-state index is 9.59. The lowest BCUT2D eigenvalue weighted by atomic mass is 10.0. The molecule has 1 aliphatic heterocycles. The van der Waals surface area contributed by atoms with Crippen molar-refractivity contribution in [2.45, 2.75) is 6.04 Å². The average Bonchev–Trinajstić information content (AvgIpc) is 2.85. The molecule has 1 aromatic carbocycles. The van der Waals surface area contributed by atoms with Gasteiger partial charge in [0.05, 0.1) is 6.07 Å². The minimum Gasteiger partial charge on any atom is -0.361 e. The Labute approximate surface area is 123 Å². The Morgan fingerprint density at radius 2 is 2.05 bits per heavy atom. The van der Waals surface area contributed by atoms with Gasteiger partial charge in [-0.1, -0.05) is 11.6 Å². The van der Waals surface area contributed by atoms with Crippen LogP contribution in [0.1, 0.15) is 11.6 Å². The van der Waals surface area contributed by atoms with E-state index in [1.165, 1.54) is 0 Å². The van der Waals surface area contributed by atoms with Gasteiger partial charge in [0, 0.05) is 53.9 Å². The van der Waals surface area contributed by atoms with Gasteiger partial charge in [-0.05, 0) is 25.2 Å². The molecule has 104 valence electrons. The van der Waals surface area contributed by atoms with E-state index in [4.69, 9.17) is 11.6 Å². The predicted octanol–water partition coefficient (Wildman–Crippen LogP) is 2.63. The number of hydrogen-bond donors (Lipinski definition) is 1. The summed E-state index contributed by atoms with van der Waals surface area (Å²) in [6, 6.07) is 7.99. The number of aromatic nitrogens is 1. The lowest BCUT2D eigenvalue weighted by Crippen LogP contribution is -2.45.